The first-order valence-corrected chi connectivity index (χ1v) is 7.73. The Morgan fingerprint density at radius 2 is 2.16 bits per heavy atom. The average Bonchev–Trinajstić information content (AvgIpc) is 2.33. The Balaban J connectivity index is 2.15. The van der Waals surface area contributed by atoms with Crippen LogP contribution in [0.4, 0.5) is 5.69 Å². The first kappa shape index (κ1) is 14.7. The molecule has 1 aliphatic carbocycles. The lowest BCUT2D eigenvalue weighted by Crippen LogP contribution is -2.31. The molecule has 1 aliphatic rings. The molecule has 2 nitrogen and oxygen atoms in total. The molecule has 0 heterocycles. The fourth-order valence-electron chi connectivity index (χ4n) is 2.73. The maximum absolute atomic E-state index is 6.41. The van der Waals surface area contributed by atoms with Crippen LogP contribution in [0.5, 0.6) is 0 Å². The summed E-state index contributed by atoms with van der Waals surface area (Å²) in [4.78, 5) is 2.32. The van der Waals surface area contributed by atoms with Crippen molar-refractivity contribution in [1.82, 2.24) is 0 Å². The summed E-state index contributed by atoms with van der Waals surface area (Å²) in [5.74, 6) is 0.842. The van der Waals surface area contributed by atoms with Crippen LogP contribution >= 0.6 is 11.6 Å². The fourth-order valence-corrected chi connectivity index (χ4v) is 3.07. The number of para-hydroxylation sites is 1. The van der Waals surface area contributed by atoms with Crippen molar-refractivity contribution in [1.29, 1.82) is 0 Å². The Labute approximate surface area is 121 Å². The van der Waals surface area contributed by atoms with Gasteiger partial charge in [-0.3, -0.25) is 0 Å². The lowest BCUT2D eigenvalue weighted by molar-refractivity contribution is 0.321. The Kier molecular flexibility index (Phi) is 5.12. The first-order valence-electron chi connectivity index (χ1n) is 7.36. The maximum Gasteiger partial charge on any atom is 0.0642 e. The molecule has 1 atom stereocenters. The fraction of sp³-hybridized carbons (Fsp3) is 0.625. The molecular weight excluding hydrogens is 256 g/mol. The van der Waals surface area contributed by atoms with Gasteiger partial charge in [0.25, 0.3) is 0 Å². The quantitative estimate of drug-likeness (QED) is 0.857. The third-order valence-corrected chi connectivity index (χ3v) is 4.52. The van der Waals surface area contributed by atoms with Crippen LogP contribution in [0.3, 0.4) is 0 Å². The smallest absolute Gasteiger partial charge is 0.0642 e. The van der Waals surface area contributed by atoms with E-state index >= 15 is 0 Å². The molecular formula is C16H25ClN2. The molecule has 0 amide bonds. The van der Waals surface area contributed by atoms with E-state index in [4.69, 9.17) is 17.3 Å². The minimum atomic E-state index is 0.217. The van der Waals surface area contributed by atoms with Crippen molar-refractivity contribution < 1.29 is 0 Å². The highest BCUT2D eigenvalue weighted by Crippen LogP contribution is 2.33. The monoisotopic (exact) mass is 280 g/mol. The number of hydrogen-bond donors (Lipinski definition) is 1. The zero-order chi connectivity index (χ0) is 13.8. The highest BCUT2D eigenvalue weighted by Gasteiger charge is 2.21. The Morgan fingerprint density at radius 3 is 2.74 bits per heavy atom. The van der Waals surface area contributed by atoms with E-state index in [2.05, 4.69) is 24.9 Å². The van der Waals surface area contributed by atoms with Gasteiger partial charge in [-0.25, -0.2) is 0 Å². The second-order valence-electron chi connectivity index (χ2n) is 5.80. The van der Waals surface area contributed by atoms with Gasteiger partial charge < -0.3 is 10.6 Å². The summed E-state index contributed by atoms with van der Waals surface area (Å²) < 4.78 is 0. The Bertz CT molecular complexity index is 415. The lowest BCUT2D eigenvalue weighted by Gasteiger charge is -2.33. The normalized spacial score (nSPS) is 17.1. The van der Waals surface area contributed by atoms with E-state index in [9.17, 15) is 0 Å². The van der Waals surface area contributed by atoms with Crippen molar-refractivity contribution in [3.63, 3.8) is 0 Å². The van der Waals surface area contributed by atoms with Crippen molar-refractivity contribution >= 4 is 17.3 Å². The zero-order valence-corrected chi connectivity index (χ0v) is 12.8. The molecule has 1 unspecified atom stereocenters. The summed E-state index contributed by atoms with van der Waals surface area (Å²) in [6, 6.07) is 6.39. The number of hydrogen-bond acceptors (Lipinski definition) is 2. The van der Waals surface area contributed by atoms with Crippen LogP contribution in [0.2, 0.25) is 5.02 Å². The van der Waals surface area contributed by atoms with E-state index < -0.39 is 0 Å². The van der Waals surface area contributed by atoms with Gasteiger partial charge in [-0.05, 0) is 43.2 Å². The highest BCUT2D eigenvalue weighted by molar-refractivity contribution is 6.33. The molecule has 0 bridgehead atoms. The van der Waals surface area contributed by atoms with Crippen LogP contribution < -0.4 is 10.6 Å². The van der Waals surface area contributed by atoms with Crippen molar-refractivity contribution in [3.8, 4) is 0 Å². The second-order valence-corrected chi connectivity index (χ2v) is 6.20. The number of nitrogens with zero attached hydrogens (tertiary/aromatic N) is 1. The molecule has 0 radical (unpaired) electrons. The topological polar surface area (TPSA) is 29.3 Å². The largest absolute Gasteiger partial charge is 0.373 e. The molecule has 106 valence electrons. The molecule has 2 N–H and O–H groups in total. The van der Waals surface area contributed by atoms with Crippen LogP contribution in [0.1, 0.15) is 38.2 Å². The van der Waals surface area contributed by atoms with Gasteiger partial charge in [0.1, 0.15) is 0 Å². The first-order chi connectivity index (χ1) is 9.11. The van der Waals surface area contributed by atoms with E-state index in [1.54, 1.807) is 0 Å². The van der Waals surface area contributed by atoms with Crippen LogP contribution in [-0.4, -0.2) is 19.6 Å². The van der Waals surface area contributed by atoms with Gasteiger partial charge in [0.2, 0.25) is 0 Å². The van der Waals surface area contributed by atoms with Crippen LogP contribution in [0.15, 0.2) is 18.2 Å². The summed E-state index contributed by atoms with van der Waals surface area (Å²) in [7, 11) is 2.15. The lowest BCUT2D eigenvalue weighted by atomic mass is 9.85. The Hall–Kier alpha value is -0.730. The van der Waals surface area contributed by atoms with Crippen LogP contribution in [-0.2, 0) is 6.42 Å². The molecule has 1 saturated carbocycles. The van der Waals surface area contributed by atoms with Gasteiger partial charge in [0, 0.05) is 19.6 Å². The van der Waals surface area contributed by atoms with E-state index in [1.807, 2.05) is 12.1 Å². The van der Waals surface area contributed by atoms with Gasteiger partial charge in [0.05, 0.1) is 10.7 Å². The molecule has 19 heavy (non-hydrogen) atoms. The van der Waals surface area contributed by atoms with E-state index in [0.717, 1.165) is 30.3 Å². The SMILES string of the molecule is CCC(N)Cc1cccc(Cl)c1N(C)CC1CCC1. The predicted molar refractivity (Wildman–Crippen MR) is 84.0 cm³/mol. The van der Waals surface area contributed by atoms with E-state index in [1.165, 1.54) is 30.5 Å². The Morgan fingerprint density at radius 1 is 1.42 bits per heavy atom. The predicted octanol–water partition coefficient (Wildman–Crippen LogP) is 3.86. The second kappa shape index (κ2) is 6.62. The molecule has 1 aromatic rings. The number of rotatable bonds is 6. The summed E-state index contributed by atoms with van der Waals surface area (Å²) in [5, 5.41) is 0.850. The third kappa shape index (κ3) is 3.64. The number of anilines is 1. The molecule has 1 fully saturated rings. The summed E-state index contributed by atoms with van der Waals surface area (Å²) in [6.45, 7) is 3.24. The van der Waals surface area contributed by atoms with Gasteiger partial charge in [0.15, 0.2) is 0 Å². The molecule has 1 aromatic carbocycles. The van der Waals surface area contributed by atoms with Gasteiger partial charge >= 0.3 is 0 Å². The van der Waals surface area contributed by atoms with Crippen molar-refractivity contribution in [2.75, 3.05) is 18.5 Å². The summed E-state index contributed by atoms with van der Waals surface area (Å²) in [6.07, 6.45) is 6.01. The van der Waals surface area contributed by atoms with Gasteiger partial charge in [-0.2, -0.15) is 0 Å². The molecule has 3 heteroatoms. The van der Waals surface area contributed by atoms with Crippen molar-refractivity contribution in [2.24, 2.45) is 11.7 Å². The molecule has 0 spiro atoms. The zero-order valence-electron chi connectivity index (χ0n) is 12.0. The van der Waals surface area contributed by atoms with Crippen LogP contribution in [0, 0.1) is 5.92 Å². The third-order valence-electron chi connectivity index (χ3n) is 4.22. The molecule has 0 aromatic heterocycles. The van der Waals surface area contributed by atoms with Crippen molar-refractivity contribution in [2.45, 2.75) is 45.1 Å². The summed E-state index contributed by atoms with van der Waals surface area (Å²) in [5.41, 5.74) is 8.56. The van der Waals surface area contributed by atoms with Crippen molar-refractivity contribution in [3.05, 3.63) is 28.8 Å². The minimum absolute atomic E-state index is 0.217. The highest BCUT2D eigenvalue weighted by atomic mass is 35.5. The van der Waals surface area contributed by atoms with E-state index in [0.29, 0.717) is 0 Å². The van der Waals surface area contributed by atoms with Gasteiger partial charge in [-0.1, -0.05) is 37.1 Å². The molecule has 0 aliphatic heterocycles. The minimum Gasteiger partial charge on any atom is -0.373 e. The number of nitrogens with two attached hydrogens (primary N) is 1. The standard InChI is InChI=1S/C16H25ClN2/c1-3-14(18)10-13-8-5-9-15(17)16(13)19(2)11-12-6-4-7-12/h5,8-9,12,14H,3-4,6-7,10-11,18H2,1-2H3. The molecule has 2 rings (SSSR count). The number of halogens is 1. The van der Waals surface area contributed by atoms with E-state index in [-0.39, 0.29) is 6.04 Å². The maximum atomic E-state index is 6.41. The average molecular weight is 281 g/mol. The number of benzene rings is 1. The summed E-state index contributed by atoms with van der Waals surface area (Å²) >= 11 is 6.41. The van der Waals surface area contributed by atoms with Gasteiger partial charge in [-0.15, -0.1) is 0 Å². The van der Waals surface area contributed by atoms with Crippen LogP contribution in [0.25, 0.3) is 0 Å². The molecule has 0 saturated heterocycles.